The van der Waals surface area contributed by atoms with Crippen molar-refractivity contribution >= 4 is 24.2 Å². The zero-order valence-corrected chi connectivity index (χ0v) is 23.4. The fourth-order valence-corrected chi connectivity index (χ4v) is 6.91. The maximum atomic E-state index is 12.5. The summed E-state index contributed by atoms with van der Waals surface area (Å²) in [5.74, 6) is 1.42. The Labute approximate surface area is 231 Å². The summed E-state index contributed by atoms with van der Waals surface area (Å²) in [5.41, 5.74) is 3.12. The minimum absolute atomic E-state index is 0.000547. The monoisotopic (exact) mass is 537 g/mol. The Morgan fingerprint density at radius 1 is 1.08 bits per heavy atom. The molecule has 2 atom stereocenters. The Bertz CT molecular complexity index is 1060. The Morgan fingerprint density at radius 2 is 1.74 bits per heavy atom. The van der Waals surface area contributed by atoms with Gasteiger partial charge < -0.3 is 15.1 Å². The van der Waals surface area contributed by atoms with Crippen molar-refractivity contribution in [3.63, 3.8) is 0 Å². The number of hydrogen-bond donors (Lipinski definition) is 1. The molecule has 0 bridgehead atoms. The summed E-state index contributed by atoms with van der Waals surface area (Å²) in [4.78, 5) is 43.9. The van der Waals surface area contributed by atoms with Crippen LogP contribution in [0.15, 0.2) is 40.7 Å². The number of nitro groups is 1. The number of amides is 2. The van der Waals surface area contributed by atoms with Gasteiger partial charge in [-0.15, -0.1) is 0 Å². The first-order valence-electron chi connectivity index (χ1n) is 14.6. The van der Waals surface area contributed by atoms with Gasteiger partial charge in [-0.1, -0.05) is 51.2 Å². The zero-order valence-electron chi connectivity index (χ0n) is 23.4. The lowest BCUT2D eigenvalue weighted by Crippen LogP contribution is -2.46. The topological polar surface area (TPSA) is 108 Å². The molecule has 2 fully saturated rings. The van der Waals surface area contributed by atoms with Crippen LogP contribution in [-0.2, 0) is 9.59 Å². The van der Waals surface area contributed by atoms with Crippen LogP contribution < -0.4 is 5.32 Å². The van der Waals surface area contributed by atoms with Crippen LogP contribution >= 0.6 is 0 Å². The van der Waals surface area contributed by atoms with Gasteiger partial charge in [-0.25, -0.2) is 0 Å². The fourth-order valence-electron chi connectivity index (χ4n) is 6.91. The van der Waals surface area contributed by atoms with Crippen LogP contribution in [0.3, 0.4) is 0 Å². The van der Waals surface area contributed by atoms with Crippen molar-refractivity contribution in [2.24, 2.45) is 16.8 Å². The summed E-state index contributed by atoms with van der Waals surface area (Å²) in [6, 6.07) is 5.93. The van der Waals surface area contributed by atoms with Crippen LogP contribution in [0, 0.1) is 22.0 Å². The van der Waals surface area contributed by atoms with Crippen molar-refractivity contribution in [3.8, 4) is 0 Å². The van der Waals surface area contributed by atoms with Crippen molar-refractivity contribution in [1.82, 2.24) is 15.1 Å². The Morgan fingerprint density at radius 3 is 2.33 bits per heavy atom. The summed E-state index contributed by atoms with van der Waals surface area (Å²) >= 11 is 0. The molecule has 1 aliphatic carbocycles. The predicted octanol–water partition coefficient (Wildman–Crippen LogP) is 5.03. The summed E-state index contributed by atoms with van der Waals surface area (Å²) < 4.78 is 0. The number of piperidine rings is 1. The zero-order chi connectivity index (χ0) is 27.8. The number of nitrogens with one attached hydrogen (secondary N) is 1. The van der Waals surface area contributed by atoms with Gasteiger partial charge in [0.05, 0.1) is 28.3 Å². The standard InChI is InChI=1S/C30H43N5O4/c1-3-27-30(28(29(31-20-36)22(2)32-27)25-10-12-26(13-11-25)35(38)39)34(21-37)17-7-16-33-18-14-24(15-19-33)23-8-5-4-6-9-23/h10-13,20-21,23-24,28-29H,3-9,14-19H2,1-2H3,(H,31,36). The average Bonchev–Trinajstić information content (AvgIpc) is 2.97. The molecule has 2 unspecified atom stereocenters. The lowest BCUT2D eigenvalue weighted by atomic mass is 9.76. The number of carbonyl (C=O) groups excluding carboxylic acids is 2. The second kappa shape index (κ2) is 13.8. The van der Waals surface area contributed by atoms with Crippen LogP contribution in [0.5, 0.6) is 0 Å². The average molecular weight is 538 g/mol. The van der Waals surface area contributed by atoms with Gasteiger partial charge in [0.25, 0.3) is 5.69 Å². The van der Waals surface area contributed by atoms with Crippen molar-refractivity contribution in [2.75, 3.05) is 26.2 Å². The fraction of sp³-hybridized carbons (Fsp3) is 0.633. The Hall–Kier alpha value is -3.07. The molecule has 2 aliphatic heterocycles. The lowest BCUT2D eigenvalue weighted by Gasteiger charge is -2.39. The first-order chi connectivity index (χ1) is 19.0. The highest BCUT2D eigenvalue weighted by atomic mass is 16.6. The molecule has 9 heteroatoms. The minimum Gasteiger partial charge on any atom is -0.350 e. The van der Waals surface area contributed by atoms with Crippen LogP contribution in [0.2, 0.25) is 0 Å². The van der Waals surface area contributed by atoms with Crippen molar-refractivity contribution < 1.29 is 14.5 Å². The van der Waals surface area contributed by atoms with Gasteiger partial charge in [-0.05, 0) is 69.6 Å². The second-order valence-corrected chi connectivity index (χ2v) is 11.3. The number of allylic oxidation sites excluding steroid dienone is 1. The highest BCUT2D eigenvalue weighted by molar-refractivity contribution is 5.92. The number of likely N-dealkylation sites (tertiary alicyclic amines) is 1. The van der Waals surface area contributed by atoms with Crippen LogP contribution in [0.4, 0.5) is 5.69 Å². The molecule has 1 aromatic rings. The third-order valence-corrected chi connectivity index (χ3v) is 8.99. The second-order valence-electron chi connectivity index (χ2n) is 11.3. The molecule has 212 valence electrons. The summed E-state index contributed by atoms with van der Waals surface area (Å²) in [7, 11) is 0. The van der Waals surface area contributed by atoms with E-state index in [4.69, 9.17) is 4.99 Å². The normalized spacial score (nSPS) is 23.3. The highest BCUT2D eigenvalue weighted by Gasteiger charge is 2.37. The smallest absolute Gasteiger partial charge is 0.269 e. The number of benzene rings is 1. The van der Waals surface area contributed by atoms with E-state index in [0.717, 1.165) is 67.0 Å². The highest BCUT2D eigenvalue weighted by Crippen LogP contribution is 2.39. The van der Waals surface area contributed by atoms with E-state index in [1.54, 1.807) is 17.0 Å². The van der Waals surface area contributed by atoms with Crippen LogP contribution in [-0.4, -0.2) is 65.5 Å². The maximum absolute atomic E-state index is 12.5. The molecular formula is C30H43N5O4. The number of rotatable bonds is 12. The van der Waals surface area contributed by atoms with Gasteiger partial charge in [0, 0.05) is 24.4 Å². The molecule has 1 saturated carbocycles. The van der Waals surface area contributed by atoms with Crippen molar-refractivity contribution in [2.45, 2.75) is 83.6 Å². The molecule has 0 aromatic heterocycles. The molecule has 0 radical (unpaired) electrons. The van der Waals surface area contributed by atoms with E-state index in [1.165, 1.54) is 57.1 Å². The van der Waals surface area contributed by atoms with Crippen molar-refractivity contribution in [3.05, 3.63) is 51.3 Å². The Balaban J connectivity index is 1.47. The molecule has 4 rings (SSSR count). The van der Waals surface area contributed by atoms with E-state index < -0.39 is 11.0 Å². The van der Waals surface area contributed by atoms with Gasteiger partial charge in [-0.3, -0.25) is 24.7 Å². The minimum atomic E-state index is -0.449. The molecular weight excluding hydrogens is 494 g/mol. The van der Waals surface area contributed by atoms with E-state index >= 15 is 0 Å². The molecule has 0 spiro atoms. The predicted molar refractivity (Wildman–Crippen MR) is 152 cm³/mol. The lowest BCUT2D eigenvalue weighted by molar-refractivity contribution is -0.384. The maximum Gasteiger partial charge on any atom is 0.269 e. The number of nitro benzene ring substituents is 1. The SMILES string of the molecule is CCC1=C(N(C=O)CCCN2CCC(C3CCCCC3)CC2)C(c2ccc([N+](=O)[O-])cc2)C(NC=O)C(C)=N1. The van der Waals surface area contributed by atoms with Crippen LogP contribution in [0.25, 0.3) is 0 Å². The molecule has 3 aliphatic rings. The Kier molecular flexibility index (Phi) is 10.3. The molecule has 1 saturated heterocycles. The van der Waals surface area contributed by atoms with Gasteiger partial charge in [0.1, 0.15) is 0 Å². The summed E-state index contributed by atoms with van der Waals surface area (Å²) in [5, 5.41) is 14.1. The van der Waals surface area contributed by atoms with E-state index in [0.29, 0.717) is 19.4 Å². The molecule has 1 aromatic carbocycles. The summed E-state index contributed by atoms with van der Waals surface area (Å²) in [6.45, 7) is 7.63. The van der Waals surface area contributed by atoms with Crippen molar-refractivity contribution in [1.29, 1.82) is 0 Å². The van der Waals surface area contributed by atoms with Gasteiger partial charge in [0.2, 0.25) is 12.8 Å². The summed E-state index contributed by atoms with van der Waals surface area (Å²) in [6.07, 6.45) is 12.6. The molecule has 2 amide bonds. The first kappa shape index (κ1) is 28.9. The van der Waals surface area contributed by atoms with Gasteiger partial charge in [0.15, 0.2) is 0 Å². The number of non-ortho nitro benzene ring substituents is 1. The van der Waals surface area contributed by atoms with Gasteiger partial charge >= 0.3 is 0 Å². The van der Waals surface area contributed by atoms with Gasteiger partial charge in [-0.2, -0.15) is 0 Å². The number of carbonyl (C=O) groups is 2. The number of aliphatic imine (C=N–C) groups is 1. The molecule has 1 N–H and O–H groups in total. The molecule has 39 heavy (non-hydrogen) atoms. The quantitative estimate of drug-likeness (QED) is 0.229. The first-order valence-corrected chi connectivity index (χ1v) is 14.6. The van der Waals surface area contributed by atoms with E-state index in [1.807, 2.05) is 13.8 Å². The third-order valence-electron chi connectivity index (χ3n) is 8.99. The van der Waals surface area contributed by atoms with E-state index in [9.17, 15) is 19.7 Å². The number of hydrogen-bond acceptors (Lipinski definition) is 6. The van der Waals surface area contributed by atoms with E-state index in [2.05, 4.69) is 10.2 Å². The molecule has 2 heterocycles. The largest absolute Gasteiger partial charge is 0.350 e. The molecule has 9 nitrogen and oxygen atoms in total. The number of nitrogens with zero attached hydrogens (tertiary/aromatic N) is 4. The van der Waals surface area contributed by atoms with Crippen LogP contribution in [0.1, 0.15) is 83.1 Å². The van der Waals surface area contributed by atoms with E-state index in [-0.39, 0.29) is 11.6 Å². The third kappa shape index (κ3) is 6.93.